The first kappa shape index (κ1) is 13.8. The third kappa shape index (κ3) is 2.39. The molecule has 1 amide bonds. The van der Waals surface area contributed by atoms with Gasteiger partial charge in [-0.3, -0.25) is 4.79 Å². The number of aliphatic hydroxyl groups is 1. The second-order valence-electron chi connectivity index (χ2n) is 3.85. The summed E-state index contributed by atoms with van der Waals surface area (Å²) in [5.74, 6) is 1.57. The van der Waals surface area contributed by atoms with Gasteiger partial charge in [0.25, 0.3) is 5.91 Å². The van der Waals surface area contributed by atoms with Crippen molar-refractivity contribution >= 4 is 29.4 Å². The average molecular weight is 283 g/mol. The highest BCUT2D eigenvalue weighted by Crippen LogP contribution is 2.38. The predicted molar refractivity (Wildman–Crippen MR) is 76.9 cm³/mol. The quantitative estimate of drug-likeness (QED) is 0.794. The zero-order valence-corrected chi connectivity index (χ0v) is 12.1. The fourth-order valence-electron chi connectivity index (χ4n) is 2.01. The molecule has 2 aliphatic heterocycles. The molecule has 2 heterocycles. The lowest BCUT2D eigenvalue weighted by molar-refractivity contribution is 0.0667. The summed E-state index contributed by atoms with van der Waals surface area (Å²) in [5.41, 5.74) is 0.208. The molecule has 1 aromatic rings. The van der Waals surface area contributed by atoms with Gasteiger partial charge >= 0.3 is 0 Å². The minimum Gasteiger partial charge on any atom is -0.380 e. The molecule has 0 saturated carbocycles. The van der Waals surface area contributed by atoms with Crippen LogP contribution in [-0.2, 0) is 0 Å². The molecule has 5 heteroatoms. The molecule has 1 N–H and O–H groups in total. The van der Waals surface area contributed by atoms with E-state index in [4.69, 9.17) is 0 Å². The SMILES string of the molecule is CC.O=C1c2ccccc2SC(O)C2CSCN12. The molecule has 98 valence electrons. The largest absolute Gasteiger partial charge is 0.380 e. The molecule has 0 spiro atoms. The Labute approximate surface area is 116 Å². The summed E-state index contributed by atoms with van der Waals surface area (Å²) in [6, 6.07) is 7.46. The zero-order chi connectivity index (χ0) is 13.1. The minimum absolute atomic E-state index is 0.0464. The molecule has 0 aromatic heterocycles. The highest BCUT2D eigenvalue weighted by Gasteiger charge is 2.39. The van der Waals surface area contributed by atoms with E-state index < -0.39 is 5.44 Å². The standard InChI is InChI=1S/C11H11NO2S2.C2H6/c13-10-7-3-1-2-4-9(7)16-11(14)8-5-15-6-12(8)10;1-2/h1-4,8,11,14H,5-6H2;1-2H3. The molecule has 2 unspecified atom stereocenters. The van der Waals surface area contributed by atoms with Crippen LogP contribution < -0.4 is 0 Å². The third-order valence-corrected chi connectivity index (χ3v) is 5.08. The van der Waals surface area contributed by atoms with E-state index in [-0.39, 0.29) is 11.9 Å². The zero-order valence-electron chi connectivity index (χ0n) is 10.5. The Morgan fingerprint density at radius 2 is 2.06 bits per heavy atom. The fourth-order valence-corrected chi connectivity index (χ4v) is 4.45. The van der Waals surface area contributed by atoms with Gasteiger partial charge in [0.15, 0.2) is 0 Å². The number of hydrogen-bond donors (Lipinski definition) is 1. The van der Waals surface area contributed by atoms with Crippen molar-refractivity contribution in [2.45, 2.75) is 30.2 Å². The molecular weight excluding hydrogens is 266 g/mol. The molecule has 0 radical (unpaired) electrons. The maximum absolute atomic E-state index is 12.3. The molecule has 18 heavy (non-hydrogen) atoms. The number of fused-ring (bicyclic) bond motifs is 2. The van der Waals surface area contributed by atoms with Gasteiger partial charge in [-0.2, -0.15) is 0 Å². The summed E-state index contributed by atoms with van der Waals surface area (Å²) in [4.78, 5) is 14.9. The van der Waals surface area contributed by atoms with Gasteiger partial charge in [0.1, 0.15) is 5.44 Å². The molecule has 1 saturated heterocycles. The Morgan fingerprint density at radius 1 is 1.33 bits per heavy atom. The molecule has 3 nitrogen and oxygen atoms in total. The van der Waals surface area contributed by atoms with Gasteiger partial charge in [-0.1, -0.05) is 37.7 Å². The first-order valence-corrected chi connectivity index (χ1v) is 8.13. The van der Waals surface area contributed by atoms with E-state index in [9.17, 15) is 9.90 Å². The number of amides is 1. The van der Waals surface area contributed by atoms with Crippen LogP contribution in [0.25, 0.3) is 0 Å². The molecule has 0 bridgehead atoms. The molecule has 2 atom stereocenters. The summed E-state index contributed by atoms with van der Waals surface area (Å²) in [5, 5.41) is 10.1. The van der Waals surface area contributed by atoms with Gasteiger partial charge in [-0.25, -0.2) is 0 Å². The van der Waals surface area contributed by atoms with Crippen LogP contribution in [0.2, 0.25) is 0 Å². The summed E-state index contributed by atoms with van der Waals surface area (Å²) < 4.78 is 0. The van der Waals surface area contributed by atoms with Crippen LogP contribution >= 0.6 is 23.5 Å². The van der Waals surface area contributed by atoms with Crippen molar-refractivity contribution in [3.63, 3.8) is 0 Å². The number of carbonyl (C=O) groups is 1. The van der Waals surface area contributed by atoms with E-state index in [0.717, 1.165) is 16.2 Å². The van der Waals surface area contributed by atoms with Gasteiger partial charge in [-0.15, -0.1) is 11.8 Å². The van der Waals surface area contributed by atoms with E-state index in [1.807, 2.05) is 38.1 Å². The Balaban J connectivity index is 0.000000574. The van der Waals surface area contributed by atoms with Crippen molar-refractivity contribution in [1.29, 1.82) is 0 Å². The predicted octanol–water partition coefficient (Wildman–Crippen LogP) is 2.65. The number of carbonyl (C=O) groups excluding carboxylic acids is 1. The second-order valence-corrected chi connectivity index (χ2v) is 6.01. The van der Waals surface area contributed by atoms with Crippen LogP contribution in [0.4, 0.5) is 0 Å². The van der Waals surface area contributed by atoms with Crippen molar-refractivity contribution in [2.24, 2.45) is 0 Å². The van der Waals surface area contributed by atoms with Gasteiger partial charge in [0.2, 0.25) is 0 Å². The van der Waals surface area contributed by atoms with Crippen LogP contribution in [0.5, 0.6) is 0 Å². The number of rotatable bonds is 0. The summed E-state index contributed by atoms with van der Waals surface area (Å²) in [6.07, 6.45) is 0. The lowest BCUT2D eigenvalue weighted by Gasteiger charge is -2.23. The lowest BCUT2D eigenvalue weighted by atomic mass is 10.2. The molecule has 0 aliphatic carbocycles. The maximum Gasteiger partial charge on any atom is 0.256 e. The fraction of sp³-hybridized carbons (Fsp3) is 0.462. The summed E-state index contributed by atoms with van der Waals surface area (Å²) >= 11 is 3.10. The first-order valence-electron chi connectivity index (χ1n) is 6.10. The Bertz CT molecular complexity index is 439. The highest BCUT2D eigenvalue weighted by molar-refractivity contribution is 8.00. The second kappa shape index (κ2) is 5.99. The number of nitrogens with zero attached hydrogens (tertiary/aromatic N) is 1. The van der Waals surface area contributed by atoms with Crippen LogP contribution in [-0.4, -0.2) is 39.0 Å². The summed E-state index contributed by atoms with van der Waals surface area (Å²) in [7, 11) is 0. The summed E-state index contributed by atoms with van der Waals surface area (Å²) in [6.45, 7) is 4.00. The number of aliphatic hydroxyl groups excluding tert-OH is 1. The van der Waals surface area contributed by atoms with Crippen LogP contribution in [0.15, 0.2) is 29.2 Å². The smallest absolute Gasteiger partial charge is 0.256 e. The van der Waals surface area contributed by atoms with Crippen LogP contribution in [0.1, 0.15) is 24.2 Å². The van der Waals surface area contributed by atoms with Crippen LogP contribution in [0.3, 0.4) is 0 Å². The topological polar surface area (TPSA) is 40.5 Å². The molecular formula is C13H17NO2S2. The van der Waals surface area contributed by atoms with Crippen molar-refractivity contribution in [2.75, 3.05) is 11.6 Å². The van der Waals surface area contributed by atoms with Crippen LogP contribution in [0, 0.1) is 0 Å². The molecule has 3 rings (SSSR count). The lowest BCUT2D eigenvalue weighted by Crippen LogP contribution is -2.41. The monoisotopic (exact) mass is 283 g/mol. The number of hydrogen-bond acceptors (Lipinski definition) is 4. The number of thioether (sulfide) groups is 2. The molecule has 2 aliphatic rings. The van der Waals surface area contributed by atoms with E-state index in [1.54, 1.807) is 16.7 Å². The van der Waals surface area contributed by atoms with Gasteiger partial charge in [0, 0.05) is 10.6 Å². The Morgan fingerprint density at radius 3 is 2.83 bits per heavy atom. The van der Waals surface area contributed by atoms with Crippen molar-refractivity contribution < 1.29 is 9.90 Å². The number of benzene rings is 1. The van der Waals surface area contributed by atoms with E-state index in [1.165, 1.54) is 11.8 Å². The van der Waals surface area contributed by atoms with Crippen molar-refractivity contribution in [1.82, 2.24) is 4.90 Å². The third-order valence-electron chi connectivity index (χ3n) is 2.87. The van der Waals surface area contributed by atoms with E-state index in [2.05, 4.69) is 0 Å². The minimum atomic E-state index is -0.511. The van der Waals surface area contributed by atoms with E-state index in [0.29, 0.717) is 5.88 Å². The van der Waals surface area contributed by atoms with Gasteiger partial charge < -0.3 is 10.0 Å². The molecule has 1 fully saturated rings. The highest BCUT2D eigenvalue weighted by atomic mass is 32.2. The maximum atomic E-state index is 12.3. The molecule has 1 aromatic carbocycles. The van der Waals surface area contributed by atoms with Gasteiger partial charge in [0.05, 0.1) is 17.5 Å². The first-order chi connectivity index (χ1) is 8.77. The van der Waals surface area contributed by atoms with Gasteiger partial charge in [-0.05, 0) is 12.1 Å². The van der Waals surface area contributed by atoms with Crippen molar-refractivity contribution in [3.8, 4) is 0 Å². The van der Waals surface area contributed by atoms with E-state index >= 15 is 0 Å². The van der Waals surface area contributed by atoms with Crippen molar-refractivity contribution in [3.05, 3.63) is 29.8 Å². The average Bonchev–Trinajstić information content (AvgIpc) is 2.87. The Hall–Kier alpha value is -0.650. The Kier molecular flexibility index (Phi) is 4.59. The normalized spacial score (nSPS) is 25.7.